The van der Waals surface area contributed by atoms with E-state index in [4.69, 9.17) is 0 Å². The molecule has 1 N–H and O–H groups in total. The van der Waals surface area contributed by atoms with E-state index in [1.807, 2.05) is 24.3 Å². The number of likely N-dealkylation sites (tertiary alicyclic amines) is 1. The number of aryl methyl sites for hydroxylation is 2. The van der Waals surface area contributed by atoms with E-state index in [9.17, 15) is 15.3 Å². The summed E-state index contributed by atoms with van der Waals surface area (Å²) < 4.78 is 0. The minimum absolute atomic E-state index is 0.0354. The van der Waals surface area contributed by atoms with Gasteiger partial charge in [-0.15, -0.1) is 0 Å². The number of nitrogens with one attached hydrogen (secondary N) is 1. The molecule has 2 aromatic rings. The summed E-state index contributed by atoms with van der Waals surface area (Å²) in [5.74, 6) is -0.0354. The van der Waals surface area contributed by atoms with E-state index in [0.717, 1.165) is 36.8 Å². The maximum atomic E-state index is 12.5. The number of fused-ring (bicyclic) bond motifs is 2. The fraction of sp³-hybridized carbons (Fsp3) is 0.400. The number of carbonyl (C=O) groups excluding carboxylic acids is 1. The summed E-state index contributed by atoms with van der Waals surface area (Å²) in [5, 5.41) is 22.9. The molecular formula is C25H26N4O. The van der Waals surface area contributed by atoms with Crippen molar-refractivity contribution in [3.63, 3.8) is 0 Å². The number of carbonyl (C=O) groups is 1. The van der Waals surface area contributed by atoms with Gasteiger partial charge >= 0.3 is 0 Å². The van der Waals surface area contributed by atoms with Crippen LogP contribution >= 0.6 is 0 Å². The first-order valence-electron chi connectivity index (χ1n) is 10.7. The van der Waals surface area contributed by atoms with Gasteiger partial charge in [0.15, 0.2) is 0 Å². The zero-order valence-corrected chi connectivity index (χ0v) is 17.1. The summed E-state index contributed by atoms with van der Waals surface area (Å²) >= 11 is 0. The molecule has 0 aromatic heterocycles. The lowest BCUT2D eigenvalue weighted by Crippen LogP contribution is -2.41. The molecule has 2 aliphatic rings. The van der Waals surface area contributed by atoms with Gasteiger partial charge in [-0.2, -0.15) is 10.5 Å². The zero-order valence-electron chi connectivity index (χ0n) is 17.1. The normalized spacial score (nSPS) is 19.1. The van der Waals surface area contributed by atoms with Gasteiger partial charge in [0.2, 0.25) is 5.91 Å². The smallest absolute Gasteiger partial charge is 0.237 e. The molecule has 1 heterocycles. The second-order valence-corrected chi connectivity index (χ2v) is 8.13. The highest BCUT2D eigenvalue weighted by molar-refractivity contribution is 5.79. The molecule has 1 saturated heterocycles. The first-order chi connectivity index (χ1) is 14.7. The Morgan fingerprint density at radius 2 is 1.70 bits per heavy atom. The molecule has 30 heavy (non-hydrogen) atoms. The maximum Gasteiger partial charge on any atom is 0.237 e. The quantitative estimate of drug-likeness (QED) is 0.785. The first-order valence-corrected chi connectivity index (χ1v) is 10.7. The van der Waals surface area contributed by atoms with Gasteiger partial charge in [-0.1, -0.05) is 48.5 Å². The SMILES string of the molecule is N#C[C@@H]1CCCN1C(=O)CNCCC1(C#N)c2ccccc2CCc2ccccc21. The topological polar surface area (TPSA) is 79.9 Å². The van der Waals surface area contributed by atoms with Crippen LogP contribution in [0.1, 0.15) is 41.5 Å². The Hall–Kier alpha value is -3.15. The second-order valence-electron chi connectivity index (χ2n) is 8.13. The number of hydrogen-bond acceptors (Lipinski definition) is 4. The van der Waals surface area contributed by atoms with Crippen LogP contribution in [0.4, 0.5) is 0 Å². The van der Waals surface area contributed by atoms with Gasteiger partial charge in [0.25, 0.3) is 0 Å². The van der Waals surface area contributed by atoms with Gasteiger partial charge in [-0.25, -0.2) is 0 Å². The Morgan fingerprint density at radius 1 is 1.07 bits per heavy atom. The summed E-state index contributed by atoms with van der Waals surface area (Å²) in [5.41, 5.74) is 3.87. The predicted octanol–water partition coefficient (Wildman–Crippen LogP) is 3.09. The van der Waals surface area contributed by atoms with Crippen LogP contribution in [0.25, 0.3) is 0 Å². The number of amides is 1. The number of hydrogen-bond donors (Lipinski definition) is 1. The van der Waals surface area contributed by atoms with Gasteiger partial charge in [-0.3, -0.25) is 4.79 Å². The molecule has 0 saturated carbocycles. The molecule has 2 aromatic carbocycles. The minimum Gasteiger partial charge on any atom is -0.326 e. The Balaban J connectivity index is 1.53. The van der Waals surface area contributed by atoms with Crippen molar-refractivity contribution in [1.82, 2.24) is 10.2 Å². The monoisotopic (exact) mass is 398 g/mol. The fourth-order valence-electron chi connectivity index (χ4n) is 4.94. The van der Waals surface area contributed by atoms with Crippen molar-refractivity contribution < 1.29 is 4.79 Å². The summed E-state index contributed by atoms with van der Waals surface area (Å²) in [4.78, 5) is 14.2. The number of rotatable bonds is 5. The lowest BCUT2D eigenvalue weighted by atomic mass is 9.71. The standard InChI is InChI=1S/C25H26N4O/c26-16-21-8-5-15-29(21)24(30)17-28-14-13-25(18-27)22-9-3-1-6-19(22)11-12-20-7-2-4-10-23(20)25/h1-4,6-7,9-10,21,28H,5,8,11-15,17H2/t21-/m0/s1. The van der Waals surface area contributed by atoms with Crippen molar-refractivity contribution >= 4 is 5.91 Å². The first kappa shape index (κ1) is 20.1. The molecule has 0 unspecified atom stereocenters. The van der Waals surface area contributed by atoms with Crippen LogP contribution in [0.2, 0.25) is 0 Å². The largest absolute Gasteiger partial charge is 0.326 e. The van der Waals surface area contributed by atoms with E-state index >= 15 is 0 Å². The number of benzene rings is 2. The lowest BCUT2D eigenvalue weighted by Gasteiger charge is -2.30. The van der Waals surface area contributed by atoms with Crippen LogP contribution in [0.5, 0.6) is 0 Å². The molecule has 0 radical (unpaired) electrons. The highest BCUT2D eigenvalue weighted by atomic mass is 16.2. The number of nitrogens with zero attached hydrogens (tertiary/aromatic N) is 3. The molecular weight excluding hydrogens is 372 g/mol. The summed E-state index contributed by atoms with van der Waals surface area (Å²) in [6, 6.07) is 21.1. The summed E-state index contributed by atoms with van der Waals surface area (Å²) in [6.45, 7) is 1.40. The van der Waals surface area contributed by atoms with Gasteiger partial charge in [0.05, 0.1) is 18.7 Å². The van der Waals surface area contributed by atoms with Crippen molar-refractivity contribution in [3.8, 4) is 12.1 Å². The van der Waals surface area contributed by atoms with Crippen LogP contribution in [-0.4, -0.2) is 36.5 Å². The molecule has 5 nitrogen and oxygen atoms in total. The molecule has 1 aliphatic carbocycles. The third-order valence-electron chi connectivity index (χ3n) is 6.48. The van der Waals surface area contributed by atoms with E-state index < -0.39 is 5.41 Å². The second kappa shape index (κ2) is 8.69. The third kappa shape index (κ3) is 3.58. The zero-order chi connectivity index (χ0) is 21.0. The predicted molar refractivity (Wildman–Crippen MR) is 115 cm³/mol. The van der Waals surface area contributed by atoms with Crippen LogP contribution < -0.4 is 5.32 Å². The van der Waals surface area contributed by atoms with Crippen molar-refractivity contribution in [2.24, 2.45) is 0 Å². The summed E-state index contributed by atoms with van der Waals surface area (Å²) in [6.07, 6.45) is 4.08. The summed E-state index contributed by atoms with van der Waals surface area (Å²) in [7, 11) is 0. The van der Waals surface area contributed by atoms with Gasteiger partial charge < -0.3 is 10.2 Å². The van der Waals surface area contributed by atoms with Crippen LogP contribution in [0.15, 0.2) is 48.5 Å². The lowest BCUT2D eigenvalue weighted by molar-refractivity contribution is -0.130. The molecule has 1 aliphatic heterocycles. The molecule has 1 amide bonds. The van der Waals surface area contributed by atoms with E-state index in [0.29, 0.717) is 19.5 Å². The molecule has 5 heteroatoms. The maximum absolute atomic E-state index is 12.5. The average Bonchev–Trinajstić information content (AvgIpc) is 3.23. The van der Waals surface area contributed by atoms with Crippen molar-refractivity contribution in [2.75, 3.05) is 19.6 Å². The van der Waals surface area contributed by atoms with Crippen LogP contribution in [-0.2, 0) is 23.1 Å². The van der Waals surface area contributed by atoms with Crippen molar-refractivity contribution in [2.45, 2.75) is 43.6 Å². The van der Waals surface area contributed by atoms with E-state index in [-0.39, 0.29) is 18.5 Å². The molecule has 4 rings (SSSR count). The average molecular weight is 399 g/mol. The van der Waals surface area contributed by atoms with Crippen LogP contribution in [0.3, 0.4) is 0 Å². The Bertz CT molecular complexity index is 969. The van der Waals surface area contributed by atoms with Crippen molar-refractivity contribution in [1.29, 1.82) is 10.5 Å². The van der Waals surface area contributed by atoms with Crippen LogP contribution in [0, 0.1) is 22.7 Å². The van der Waals surface area contributed by atoms with E-state index in [2.05, 4.69) is 41.7 Å². The van der Waals surface area contributed by atoms with E-state index in [1.165, 1.54) is 11.1 Å². The molecule has 152 valence electrons. The highest BCUT2D eigenvalue weighted by Crippen LogP contribution is 2.41. The Morgan fingerprint density at radius 3 is 2.30 bits per heavy atom. The molecule has 0 spiro atoms. The van der Waals surface area contributed by atoms with Gasteiger partial charge in [0.1, 0.15) is 11.5 Å². The van der Waals surface area contributed by atoms with Gasteiger partial charge in [-0.05, 0) is 60.9 Å². The third-order valence-corrected chi connectivity index (χ3v) is 6.48. The number of nitriles is 2. The highest BCUT2D eigenvalue weighted by Gasteiger charge is 2.39. The molecule has 1 fully saturated rings. The molecule has 1 atom stereocenters. The van der Waals surface area contributed by atoms with E-state index in [1.54, 1.807) is 4.90 Å². The Kier molecular flexibility index (Phi) is 5.84. The fourth-order valence-corrected chi connectivity index (χ4v) is 4.94. The minimum atomic E-state index is -0.734. The van der Waals surface area contributed by atoms with Crippen molar-refractivity contribution in [3.05, 3.63) is 70.8 Å². The Labute approximate surface area is 177 Å². The molecule has 0 bridgehead atoms. The van der Waals surface area contributed by atoms with Gasteiger partial charge in [0, 0.05) is 6.54 Å².